The molecule has 0 aliphatic carbocycles. The maximum atomic E-state index is 5.28. The van der Waals surface area contributed by atoms with Crippen molar-refractivity contribution >= 4 is 70.0 Å². The van der Waals surface area contributed by atoms with Gasteiger partial charge in [-0.2, -0.15) is 0 Å². The van der Waals surface area contributed by atoms with Crippen molar-refractivity contribution in [2.45, 2.75) is 0 Å². The quantitative estimate of drug-likeness (QED) is 0.411. The van der Waals surface area contributed by atoms with Crippen LogP contribution in [0.1, 0.15) is 0 Å². The summed E-state index contributed by atoms with van der Waals surface area (Å²) in [6.45, 7) is 0. The third kappa shape index (κ3) is 8.54. The molecule has 7 nitrogen and oxygen atoms in total. The van der Waals surface area contributed by atoms with E-state index in [1.54, 1.807) is 0 Å². The molecule has 0 atom stereocenters. The number of hydrogen-bond acceptors (Lipinski definition) is 7. The number of hydrogen-bond donors (Lipinski definition) is 0. The molecule has 0 unspecified atom stereocenters. The molecule has 84 valence electrons. The van der Waals surface area contributed by atoms with Crippen molar-refractivity contribution in [3.63, 3.8) is 0 Å². The zero-order chi connectivity index (χ0) is 9.90. The maximum Gasteiger partial charge on any atom is 0.286 e. The lowest BCUT2D eigenvalue weighted by atomic mass is 15.7. The van der Waals surface area contributed by atoms with E-state index in [-0.39, 0.29) is 0 Å². The van der Waals surface area contributed by atoms with E-state index in [4.69, 9.17) is 28.8 Å². The molecule has 14 heteroatoms. The highest BCUT2D eigenvalue weighted by Crippen LogP contribution is 1.79. The standard InChI is InChI=1S/H14O7Si7/c1-8-2-10-4-12-6-14-7-13-5-11-3-9-1/h8-14H2. The van der Waals surface area contributed by atoms with Crippen molar-refractivity contribution in [2.75, 3.05) is 0 Å². The first-order valence-corrected chi connectivity index (χ1v) is 12.1. The second-order valence-electron chi connectivity index (χ2n) is 2.25. The van der Waals surface area contributed by atoms with E-state index in [1.165, 1.54) is 0 Å². The highest BCUT2D eigenvalue weighted by molar-refractivity contribution is 6.50. The van der Waals surface area contributed by atoms with Crippen LogP contribution >= 0.6 is 0 Å². The van der Waals surface area contributed by atoms with Crippen LogP contribution in [0.5, 0.6) is 0 Å². The van der Waals surface area contributed by atoms with Gasteiger partial charge in [-0.1, -0.05) is 0 Å². The SMILES string of the molecule is O1[SiH2]O[SiH2]O[SiH2]O[SiH2]O[SiH2]O[SiH2]O[SiH2]1. The first-order chi connectivity index (χ1) is 7.00. The van der Waals surface area contributed by atoms with Crippen LogP contribution in [-0.4, -0.2) is 70.0 Å². The summed E-state index contributed by atoms with van der Waals surface area (Å²) >= 11 is 0. The molecule has 0 spiro atoms. The van der Waals surface area contributed by atoms with Gasteiger partial charge in [0.25, 0.3) is 70.0 Å². The summed E-state index contributed by atoms with van der Waals surface area (Å²) in [6.07, 6.45) is 0. The van der Waals surface area contributed by atoms with Gasteiger partial charge in [0, 0.05) is 0 Å². The fourth-order valence-corrected chi connectivity index (χ4v) is 13.3. The van der Waals surface area contributed by atoms with Crippen molar-refractivity contribution in [3.05, 3.63) is 0 Å². The lowest BCUT2D eigenvalue weighted by molar-refractivity contribution is 0.348. The summed E-state index contributed by atoms with van der Waals surface area (Å²) < 4.78 is 37.0. The van der Waals surface area contributed by atoms with Gasteiger partial charge in [-0.25, -0.2) is 0 Å². The lowest BCUT2D eigenvalue weighted by Crippen LogP contribution is -2.23. The molecule has 1 heterocycles. The van der Waals surface area contributed by atoms with Gasteiger partial charge < -0.3 is 28.8 Å². The van der Waals surface area contributed by atoms with Gasteiger partial charge in [-0.05, 0) is 0 Å². The van der Waals surface area contributed by atoms with Crippen LogP contribution in [0, 0.1) is 0 Å². The highest BCUT2D eigenvalue weighted by Gasteiger charge is 1.97. The van der Waals surface area contributed by atoms with E-state index < -0.39 is 70.0 Å². The third-order valence-corrected chi connectivity index (χ3v) is 10.5. The molecule has 0 amide bonds. The summed E-state index contributed by atoms with van der Waals surface area (Å²) in [5.74, 6) is 0. The smallest absolute Gasteiger partial charge is 0.286 e. The molecule has 1 aliphatic heterocycles. The van der Waals surface area contributed by atoms with Crippen LogP contribution < -0.4 is 0 Å². The normalized spacial score (nSPS) is 36.0. The summed E-state index contributed by atoms with van der Waals surface area (Å²) in [4.78, 5) is 0. The van der Waals surface area contributed by atoms with Crippen molar-refractivity contribution in [3.8, 4) is 0 Å². The molecule has 0 aromatic heterocycles. The topological polar surface area (TPSA) is 64.6 Å². The van der Waals surface area contributed by atoms with Crippen LogP contribution in [-0.2, 0) is 28.8 Å². The minimum absolute atomic E-state index is 0.835. The molecule has 1 fully saturated rings. The minimum atomic E-state index is -0.835. The third-order valence-electron chi connectivity index (χ3n) is 1.17. The lowest BCUT2D eigenvalue weighted by Gasteiger charge is -2.10. The predicted molar refractivity (Wildman–Crippen MR) is 67.4 cm³/mol. The van der Waals surface area contributed by atoms with E-state index in [2.05, 4.69) is 0 Å². The van der Waals surface area contributed by atoms with Gasteiger partial charge in [0.05, 0.1) is 0 Å². The fourth-order valence-electron chi connectivity index (χ4n) is 0.651. The van der Waals surface area contributed by atoms with Crippen LogP contribution in [0.25, 0.3) is 0 Å². The van der Waals surface area contributed by atoms with Gasteiger partial charge in [0.1, 0.15) is 0 Å². The Morgan fingerprint density at radius 3 is 0.571 bits per heavy atom. The Hall–Kier alpha value is 1.24. The van der Waals surface area contributed by atoms with Gasteiger partial charge in [0.2, 0.25) is 0 Å². The Kier molecular flexibility index (Phi) is 10.2. The van der Waals surface area contributed by atoms with E-state index in [1.807, 2.05) is 0 Å². The molecular formula is H14O7Si7. The van der Waals surface area contributed by atoms with E-state index in [0.717, 1.165) is 0 Å². The molecule has 1 rings (SSSR count). The first-order valence-electron chi connectivity index (χ1n) is 4.04. The molecule has 0 saturated carbocycles. The Morgan fingerprint density at radius 1 is 0.286 bits per heavy atom. The van der Waals surface area contributed by atoms with E-state index >= 15 is 0 Å². The van der Waals surface area contributed by atoms with Crippen molar-refractivity contribution in [1.29, 1.82) is 0 Å². The molecule has 0 aromatic carbocycles. The Balaban J connectivity index is 2.00. The summed E-state index contributed by atoms with van der Waals surface area (Å²) in [6, 6.07) is 0. The van der Waals surface area contributed by atoms with Crippen LogP contribution in [0.3, 0.4) is 0 Å². The Bertz CT molecular complexity index is 67.3. The highest BCUT2D eigenvalue weighted by atomic mass is 28.4. The van der Waals surface area contributed by atoms with Gasteiger partial charge in [-0.3, -0.25) is 0 Å². The maximum absolute atomic E-state index is 5.28. The van der Waals surface area contributed by atoms with Crippen molar-refractivity contribution in [2.24, 2.45) is 0 Å². The summed E-state index contributed by atoms with van der Waals surface area (Å²) in [7, 11) is -5.84. The fraction of sp³-hybridized carbons (Fsp3) is 0. The van der Waals surface area contributed by atoms with Gasteiger partial charge in [-0.15, -0.1) is 0 Å². The van der Waals surface area contributed by atoms with Crippen molar-refractivity contribution < 1.29 is 28.8 Å². The molecule has 0 N–H and O–H groups in total. The minimum Gasteiger partial charge on any atom is -0.425 e. The summed E-state index contributed by atoms with van der Waals surface area (Å²) in [5, 5.41) is 0. The average molecular weight is 323 g/mol. The Morgan fingerprint density at radius 2 is 0.429 bits per heavy atom. The number of rotatable bonds is 0. The summed E-state index contributed by atoms with van der Waals surface area (Å²) in [5.41, 5.74) is 0. The van der Waals surface area contributed by atoms with Gasteiger partial charge in [0.15, 0.2) is 0 Å². The van der Waals surface area contributed by atoms with Crippen LogP contribution in [0.4, 0.5) is 0 Å². The Labute approximate surface area is 98.9 Å². The first kappa shape index (κ1) is 13.3. The monoisotopic (exact) mass is 322 g/mol. The average Bonchev–Trinajstić information content (AvgIpc) is 2.22. The molecule has 0 aromatic rings. The molecule has 1 aliphatic rings. The molecular weight excluding hydrogens is 309 g/mol. The zero-order valence-corrected chi connectivity index (χ0v) is 17.7. The largest absolute Gasteiger partial charge is 0.425 e. The molecule has 0 bridgehead atoms. The second kappa shape index (κ2) is 10.7. The molecule has 14 heavy (non-hydrogen) atoms. The van der Waals surface area contributed by atoms with E-state index in [0.29, 0.717) is 0 Å². The van der Waals surface area contributed by atoms with Crippen LogP contribution in [0.15, 0.2) is 0 Å². The molecule has 1 saturated heterocycles. The van der Waals surface area contributed by atoms with E-state index in [9.17, 15) is 0 Å². The predicted octanol–water partition coefficient (Wildman–Crippen LogP) is -6.89. The van der Waals surface area contributed by atoms with Crippen LogP contribution in [0.2, 0.25) is 0 Å². The second-order valence-corrected chi connectivity index (χ2v) is 15.3. The zero-order valence-electron chi connectivity index (χ0n) is 7.81. The van der Waals surface area contributed by atoms with Crippen molar-refractivity contribution in [1.82, 2.24) is 0 Å². The van der Waals surface area contributed by atoms with Gasteiger partial charge >= 0.3 is 0 Å². The molecule has 0 radical (unpaired) electrons.